The highest BCUT2D eigenvalue weighted by molar-refractivity contribution is 5.84. The van der Waals surface area contributed by atoms with Gasteiger partial charge in [0.2, 0.25) is 0 Å². The molecule has 0 aromatic rings. The molecule has 0 radical (unpaired) electrons. The van der Waals surface area contributed by atoms with Gasteiger partial charge in [0.25, 0.3) is 0 Å². The summed E-state index contributed by atoms with van der Waals surface area (Å²) in [6, 6.07) is 0. The van der Waals surface area contributed by atoms with Crippen molar-refractivity contribution < 1.29 is 76.3 Å². The molecule has 0 N–H and O–H groups in total. The number of hydrogen-bond donors (Lipinski definition) is 0. The third-order valence-corrected chi connectivity index (χ3v) is 24.5. The molecular formula is C76H126O16. The highest BCUT2D eigenvalue weighted by atomic mass is 16.6. The first-order chi connectivity index (χ1) is 43.5. The second-order valence-corrected chi connectivity index (χ2v) is 32.2. The van der Waals surface area contributed by atoms with Gasteiger partial charge in [0.15, 0.2) is 19.8 Å². The van der Waals surface area contributed by atoms with Crippen molar-refractivity contribution in [1.29, 1.82) is 0 Å². The fraction of sp³-hybridized carbons (Fsp3) is 0.895. The third-order valence-electron chi connectivity index (χ3n) is 24.5. The molecule has 0 spiro atoms. The van der Waals surface area contributed by atoms with E-state index in [0.29, 0.717) is 55.8 Å². The fourth-order valence-electron chi connectivity index (χ4n) is 17.6. The van der Waals surface area contributed by atoms with E-state index in [4.69, 9.17) is 37.9 Å². The molecule has 0 aliphatic heterocycles. The standard InChI is InChI=1S/C31H48O8.C23H40O4.C22H38O4/c1-6-29(2,3)28(35)37-12-11-36-26(33)23-9-7-8-10-24(23)27(34)38-19-25(32)39-30(4,5)31-16-20-13-21(17-31)15-22(14-20)18-31;1-5-22(3,4)21(25)26-17-20(24)27-23(6-2,18-13-9-7-10-14-18)19-15-11-8-12-16-19;1-5-21(2,3)20(24)25-16-19(23)26-22(4,17-12-8-6-9-13-17)18-14-10-7-11-15-18/h20-24H,6-19H2,1-5H3;18-19H,5-17H2,1-4H3;17-18H,5-16H2,1-4H3. The number of esters is 8. The molecule has 4 bridgehead atoms. The van der Waals surface area contributed by atoms with Crippen molar-refractivity contribution in [2.45, 2.75) is 325 Å². The lowest BCUT2D eigenvalue weighted by Gasteiger charge is -2.61. The summed E-state index contributed by atoms with van der Waals surface area (Å²) < 4.78 is 44.9. The molecule has 9 aliphatic rings. The molecule has 2 unspecified atom stereocenters. The summed E-state index contributed by atoms with van der Waals surface area (Å²) >= 11 is 0. The number of rotatable bonds is 26. The Kier molecular flexibility index (Phi) is 28.9. The van der Waals surface area contributed by atoms with Gasteiger partial charge in [0.05, 0.1) is 28.1 Å². The van der Waals surface area contributed by atoms with Crippen LogP contribution in [0.1, 0.15) is 308 Å². The van der Waals surface area contributed by atoms with Crippen LogP contribution in [-0.4, -0.2) is 97.6 Å². The maximum Gasteiger partial charge on any atom is 0.344 e. The van der Waals surface area contributed by atoms with Crippen molar-refractivity contribution >= 4 is 47.8 Å². The molecular weight excluding hydrogens is 1170 g/mol. The zero-order valence-electron chi connectivity index (χ0n) is 59.8. The molecule has 16 heteroatoms. The number of ether oxygens (including phenoxy) is 8. The van der Waals surface area contributed by atoms with Crippen LogP contribution in [0, 0.1) is 74.9 Å². The van der Waals surface area contributed by atoms with Gasteiger partial charge >= 0.3 is 47.8 Å². The second-order valence-electron chi connectivity index (χ2n) is 32.2. The van der Waals surface area contributed by atoms with Crippen LogP contribution in [0.4, 0.5) is 0 Å². The van der Waals surface area contributed by atoms with Gasteiger partial charge in [-0.1, -0.05) is 118 Å². The molecule has 0 aromatic heterocycles. The topological polar surface area (TPSA) is 210 Å². The molecule has 9 rings (SSSR count). The molecule has 9 aliphatic carbocycles. The van der Waals surface area contributed by atoms with Gasteiger partial charge in [0, 0.05) is 5.41 Å². The molecule has 0 heterocycles. The van der Waals surface area contributed by atoms with Gasteiger partial charge in [-0.2, -0.15) is 0 Å². The molecule has 0 saturated heterocycles. The van der Waals surface area contributed by atoms with Gasteiger partial charge in [-0.3, -0.25) is 24.0 Å². The Morgan fingerprint density at radius 3 is 1.04 bits per heavy atom. The lowest BCUT2D eigenvalue weighted by atomic mass is 9.46. The van der Waals surface area contributed by atoms with Crippen molar-refractivity contribution in [2.75, 3.05) is 33.0 Å². The Labute approximate surface area is 554 Å². The SMILES string of the molecule is CCC(C)(C)C(=O)OCC(=O)OC(C)(C1CCCCC1)C1CCCCC1.CCC(C)(C)C(=O)OCC(=O)OC(CC)(C1CCCCC1)C1CCCCC1.CCC(C)(C)C(=O)OCCOC(=O)C1CCCCC1C(=O)OCC(=O)OC(C)(C)C12CC3CC(CC(C3)C1)C2. The summed E-state index contributed by atoms with van der Waals surface area (Å²) in [5.41, 5.74) is -3.09. The van der Waals surface area contributed by atoms with E-state index in [1.54, 1.807) is 13.8 Å². The van der Waals surface area contributed by atoms with Crippen molar-refractivity contribution in [2.24, 2.45) is 74.9 Å². The summed E-state index contributed by atoms with van der Waals surface area (Å²) in [7, 11) is 0. The van der Waals surface area contributed by atoms with Crippen LogP contribution >= 0.6 is 0 Å². The van der Waals surface area contributed by atoms with E-state index in [2.05, 4.69) is 13.8 Å². The van der Waals surface area contributed by atoms with E-state index in [0.717, 1.165) is 108 Å². The minimum Gasteiger partial charge on any atom is -0.462 e. The zero-order chi connectivity index (χ0) is 67.5. The van der Waals surface area contributed by atoms with Crippen LogP contribution in [-0.2, 0) is 76.3 Å². The number of carbonyl (C=O) groups excluding carboxylic acids is 8. The van der Waals surface area contributed by atoms with E-state index >= 15 is 0 Å². The Morgan fingerprint density at radius 1 is 0.348 bits per heavy atom. The smallest absolute Gasteiger partial charge is 0.344 e. The molecule has 526 valence electrons. The van der Waals surface area contributed by atoms with Gasteiger partial charge in [-0.15, -0.1) is 0 Å². The molecule has 9 fully saturated rings. The largest absolute Gasteiger partial charge is 0.462 e. The minimum atomic E-state index is -0.656. The van der Waals surface area contributed by atoms with Crippen LogP contribution in [0.25, 0.3) is 0 Å². The molecule has 92 heavy (non-hydrogen) atoms. The van der Waals surface area contributed by atoms with Crippen molar-refractivity contribution in [3.8, 4) is 0 Å². The first-order valence-corrected chi connectivity index (χ1v) is 37.0. The van der Waals surface area contributed by atoms with Crippen molar-refractivity contribution in [3.05, 3.63) is 0 Å². The highest BCUT2D eigenvalue weighted by Crippen LogP contribution is 2.64. The first-order valence-electron chi connectivity index (χ1n) is 37.0. The second kappa shape index (κ2) is 34.6. The first kappa shape index (κ1) is 76.8. The molecule has 0 aromatic carbocycles. The molecule has 16 nitrogen and oxygen atoms in total. The molecule has 0 amide bonds. The van der Waals surface area contributed by atoms with Crippen LogP contribution < -0.4 is 0 Å². The molecule has 2 atom stereocenters. The van der Waals surface area contributed by atoms with Gasteiger partial charge in [0.1, 0.15) is 30.0 Å². The van der Waals surface area contributed by atoms with E-state index < -0.39 is 63.8 Å². The quantitative estimate of drug-likeness (QED) is 0.0448. The maximum absolute atomic E-state index is 13.0. The van der Waals surface area contributed by atoms with Gasteiger partial charge in [-0.05, 0) is 232 Å². The van der Waals surface area contributed by atoms with E-state index in [-0.39, 0.29) is 67.3 Å². The van der Waals surface area contributed by atoms with E-state index in [1.165, 1.54) is 96.3 Å². The summed E-state index contributed by atoms with van der Waals surface area (Å²) in [5.74, 6) is -0.606. The van der Waals surface area contributed by atoms with Gasteiger partial charge < -0.3 is 37.9 Å². The van der Waals surface area contributed by atoms with Crippen LogP contribution in [0.2, 0.25) is 0 Å². The van der Waals surface area contributed by atoms with Crippen LogP contribution in [0.15, 0.2) is 0 Å². The third kappa shape index (κ3) is 20.4. The Balaban J connectivity index is 0.000000226. The molecule has 9 saturated carbocycles. The fourth-order valence-corrected chi connectivity index (χ4v) is 17.6. The van der Waals surface area contributed by atoms with E-state index in [9.17, 15) is 38.4 Å². The summed E-state index contributed by atoms with van der Waals surface area (Å²) in [6.07, 6.45) is 37.0. The number of carbonyl (C=O) groups is 8. The highest BCUT2D eigenvalue weighted by Gasteiger charge is 2.59. The Hall–Kier alpha value is -4.24. The average Bonchev–Trinajstić information content (AvgIpc) is 0.746. The lowest BCUT2D eigenvalue weighted by molar-refractivity contribution is -0.203. The number of hydrogen-bond acceptors (Lipinski definition) is 16. The average molecular weight is 1300 g/mol. The van der Waals surface area contributed by atoms with Crippen LogP contribution in [0.5, 0.6) is 0 Å². The van der Waals surface area contributed by atoms with Crippen LogP contribution in [0.3, 0.4) is 0 Å². The van der Waals surface area contributed by atoms with Crippen molar-refractivity contribution in [1.82, 2.24) is 0 Å². The minimum absolute atomic E-state index is 0.0141. The lowest BCUT2D eigenvalue weighted by Crippen LogP contribution is -2.57. The van der Waals surface area contributed by atoms with E-state index in [1.807, 2.05) is 62.3 Å². The zero-order valence-corrected chi connectivity index (χ0v) is 59.8. The Morgan fingerprint density at radius 2 is 0.663 bits per heavy atom. The predicted molar refractivity (Wildman–Crippen MR) is 353 cm³/mol. The van der Waals surface area contributed by atoms with Crippen molar-refractivity contribution in [3.63, 3.8) is 0 Å². The normalized spacial score (nSPS) is 25.3. The van der Waals surface area contributed by atoms with Gasteiger partial charge in [-0.25, -0.2) is 14.4 Å². The summed E-state index contributed by atoms with van der Waals surface area (Å²) in [5, 5.41) is 0. The predicted octanol–water partition coefficient (Wildman–Crippen LogP) is 16.6. The Bertz CT molecular complexity index is 2320. The monoisotopic (exact) mass is 1290 g/mol. The summed E-state index contributed by atoms with van der Waals surface area (Å²) in [4.78, 5) is 100. The maximum atomic E-state index is 13.0. The summed E-state index contributed by atoms with van der Waals surface area (Å²) in [6.45, 7) is 24.1.